The zero-order valence-corrected chi connectivity index (χ0v) is 15.9. The number of hydrogen-bond donors (Lipinski definition) is 1. The Labute approximate surface area is 170 Å². The number of hydrogen-bond acceptors (Lipinski definition) is 8. The summed E-state index contributed by atoms with van der Waals surface area (Å²) in [5.74, 6) is 0. The van der Waals surface area contributed by atoms with Crippen LogP contribution in [0, 0.1) is 30.3 Å². The summed E-state index contributed by atoms with van der Waals surface area (Å²) in [5, 5.41) is 38.2. The molecule has 0 fully saturated rings. The molecule has 0 bridgehead atoms. The van der Waals surface area contributed by atoms with Gasteiger partial charge in [0.05, 0.1) is 32.4 Å². The first kappa shape index (κ1) is 19.8. The largest absolute Gasteiger partial charge is 0.301 e. The van der Waals surface area contributed by atoms with E-state index in [4.69, 9.17) is 0 Å². The fourth-order valence-corrected chi connectivity index (χ4v) is 3.15. The third-order valence-corrected chi connectivity index (χ3v) is 4.66. The van der Waals surface area contributed by atoms with Crippen LogP contribution in [0.25, 0.3) is 10.8 Å². The van der Waals surface area contributed by atoms with E-state index in [9.17, 15) is 30.3 Å². The number of nitro benzene ring substituents is 3. The Morgan fingerprint density at radius 1 is 0.897 bits per heavy atom. The summed E-state index contributed by atoms with van der Waals surface area (Å²) in [6, 6.07) is 11.0. The molecule has 1 N–H and O–H groups in total. The zero-order valence-electron chi connectivity index (χ0n) is 14.3. The van der Waals surface area contributed by atoms with Crippen LogP contribution in [0.3, 0.4) is 0 Å². The number of hydrazone groups is 1. The van der Waals surface area contributed by atoms with Crippen molar-refractivity contribution >= 4 is 55.7 Å². The van der Waals surface area contributed by atoms with Crippen molar-refractivity contribution in [2.45, 2.75) is 0 Å². The Bertz CT molecular complexity index is 1200. The standard InChI is InChI=1S/C17H10BrN5O6/c18-13-5-7-15(22(26)27)17-10(2-1-3-12(13)17)9-19-20-14-6-4-11(21(24)25)8-16(14)23(28)29/h1-9,20H/b19-9-. The summed E-state index contributed by atoms with van der Waals surface area (Å²) in [5.41, 5.74) is 1.73. The van der Waals surface area contributed by atoms with E-state index in [-0.39, 0.29) is 11.4 Å². The number of anilines is 1. The lowest BCUT2D eigenvalue weighted by molar-refractivity contribution is -0.393. The number of halogens is 1. The van der Waals surface area contributed by atoms with Crippen molar-refractivity contribution in [2.24, 2.45) is 5.10 Å². The molecule has 0 aromatic heterocycles. The molecule has 0 aliphatic heterocycles. The van der Waals surface area contributed by atoms with E-state index >= 15 is 0 Å². The van der Waals surface area contributed by atoms with E-state index in [2.05, 4.69) is 26.5 Å². The van der Waals surface area contributed by atoms with Gasteiger partial charge in [0.2, 0.25) is 0 Å². The van der Waals surface area contributed by atoms with Crippen LogP contribution in [-0.4, -0.2) is 21.0 Å². The van der Waals surface area contributed by atoms with Crippen LogP contribution >= 0.6 is 15.9 Å². The average Bonchev–Trinajstić information content (AvgIpc) is 2.68. The fourth-order valence-electron chi connectivity index (χ4n) is 2.69. The third kappa shape index (κ3) is 4.01. The van der Waals surface area contributed by atoms with Crippen molar-refractivity contribution in [3.63, 3.8) is 0 Å². The van der Waals surface area contributed by atoms with Gasteiger partial charge in [0.1, 0.15) is 5.69 Å². The monoisotopic (exact) mass is 459 g/mol. The molecule has 0 saturated heterocycles. The van der Waals surface area contributed by atoms with Gasteiger partial charge >= 0.3 is 5.69 Å². The van der Waals surface area contributed by atoms with Gasteiger partial charge in [-0.1, -0.05) is 34.1 Å². The van der Waals surface area contributed by atoms with Gasteiger partial charge in [-0.05, 0) is 12.1 Å². The quantitative estimate of drug-likeness (QED) is 0.316. The second-order valence-electron chi connectivity index (χ2n) is 5.68. The van der Waals surface area contributed by atoms with Crippen LogP contribution in [0.2, 0.25) is 0 Å². The number of fused-ring (bicyclic) bond motifs is 1. The minimum Gasteiger partial charge on any atom is -0.272 e. The molecule has 12 heteroatoms. The molecule has 0 atom stereocenters. The highest BCUT2D eigenvalue weighted by atomic mass is 79.9. The van der Waals surface area contributed by atoms with Crippen LogP contribution in [0.1, 0.15) is 5.56 Å². The molecule has 146 valence electrons. The molecule has 29 heavy (non-hydrogen) atoms. The lowest BCUT2D eigenvalue weighted by Crippen LogP contribution is -1.99. The van der Waals surface area contributed by atoms with E-state index in [1.165, 1.54) is 12.3 Å². The van der Waals surface area contributed by atoms with E-state index in [1.807, 2.05) is 0 Å². The lowest BCUT2D eigenvalue weighted by Gasteiger charge is -2.06. The summed E-state index contributed by atoms with van der Waals surface area (Å²) >= 11 is 3.35. The molecule has 0 saturated carbocycles. The SMILES string of the molecule is O=[N+]([O-])c1ccc(N/N=C\c2cccc3c(Br)ccc([N+](=O)[O-])c23)c([N+](=O)[O-])c1. The highest BCUT2D eigenvalue weighted by Crippen LogP contribution is 2.33. The molecule has 0 aliphatic carbocycles. The minimum atomic E-state index is -0.773. The first-order valence-corrected chi connectivity index (χ1v) is 8.66. The van der Waals surface area contributed by atoms with Crippen LogP contribution in [0.5, 0.6) is 0 Å². The zero-order chi connectivity index (χ0) is 21.1. The summed E-state index contributed by atoms with van der Waals surface area (Å²) in [4.78, 5) is 31.3. The molecule has 0 heterocycles. The van der Waals surface area contributed by atoms with Gasteiger partial charge in [-0.2, -0.15) is 5.10 Å². The first-order chi connectivity index (χ1) is 13.8. The van der Waals surface area contributed by atoms with Gasteiger partial charge < -0.3 is 0 Å². The highest BCUT2D eigenvalue weighted by Gasteiger charge is 2.19. The average molecular weight is 460 g/mol. The van der Waals surface area contributed by atoms with Crippen molar-refractivity contribution in [1.82, 2.24) is 0 Å². The van der Waals surface area contributed by atoms with Crippen molar-refractivity contribution in [2.75, 3.05) is 5.43 Å². The lowest BCUT2D eigenvalue weighted by atomic mass is 10.0. The van der Waals surface area contributed by atoms with Crippen LogP contribution < -0.4 is 5.43 Å². The second kappa shape index (κ2) is 7.98. The van der Waals surface area contributed by atoms with Crippen LogP contribution in [0.15, 0.2) is 58.1 Å². The maximum Gasteiger partial charge on any atom is 0.301 e. The van der Waals surface area contributed by atoms with E-state index < -0.39 is 26.1 Å². The fraction of sp³-hybridized carbons (Fsp3) is 0. The van der Waals surface area contributed by atoms with Crippen molar-refractivity contribution in [3.05, 3.63) is 88.9 Å². The Hall–Kier alpha value is -3.93. The Morgan fingerprint density at radius 2 is 1.62 bits per heavy atom. The number of nitrogens with one attached hydrogen (secondary N) is 1. The molecule has 11 nitrogen and oxygen atoms in total. The normalized spacial score (nSPS) is 10.9. The van der Waals surface area contributed by atoms with Crippen molar-refractivity contribution in [3.8, 4) is 0 Å². The van der Waals surface area contributed by atoms with Crippen molar-refractivity contribution in [1.29, 1.82) is 0 Å². The van der Waals surface area contributed by atoms with E-state index in [0.717, 1.165) is 18.2 Å². The summed E-state index contributed by atoms with van der Waals surface area (Å²) in [7, 11) is 0. The van der Waals surface area contributed by atoms with Crippen LogP contribution in [-0.2, 0) is 0 Å². The number of rotatable bonds is 6. The summed E-state index contributed by atoms with van der Waals surface area (Å²) < 4.78 is 0.660. The second-order valence-corrected chi connectivity index (χ2v) is 6.53. The van der Waals surface area contributed by atoms with Gasteiger partial charge in [0.25, 0.3) is 11.4 Å². The van der Waals surface area contributed by atoms with E-state index in [1.54, 1.807) is 24.3 Å². The molecule has 3 aromatic rings. The maximum atomic E-state index is 11.4. The van der Waals surface area contributed by atoms with Gasteiger partial charge in [0, 0.05) is 27.6 Å². The first-order valence-electron chi connectivity index (χ1n) is 7.87. The minimum absolute atomic E-state index is 0.0623. The topological polar surface area (TPSA) is 154 Å². The molecule has 0 aliphatic rings. The summed E-state index contributed by atoms with van der Waals surface area (Å²) in [6.07, 6.45) is 1.28. The van der Waals surface area contributed by atoms with Gasteiger partial charge in [-0.15, -0.1) is 0 Å². The number of non-ortho nitro benzene ring substituents is 2. The predicted molar refractivity (Wildman–Crippen MR) is 109 cm³/mol. The Morgan fingerprint density at radius 3 is 2.28 bits per heavy atom. The highest BCUT2D eigenvalue weighted by molar-refractivity contribution is 9.10. The molecular weight excluding hydrogens is 450 g/mol. The molecule has 0 spiro atoms. The van der Waals surface area contributed by atoms with Gasteiger partial charge in [-0.25, -0.2) is 0 Å². The molecule has 3 rings (SSSR count). The smallest absolute Gasteiger partial charge is 0.272 e. The van der Waals surface area contributed by atoms with E-state index in [0.29, 0.717) is 20.8 Å². The molecule has 0 unspecified atom stereocenters. The molecular formula is C17H10BrN5O6. The molecule has 3 aromatic carbocycles. The third-order valence-electron chi connectivity index (χ3n) is 3.97. The molecule has 0 amide bonds. The number of nitrogens with zero attached hydrogens (tertiary/aromatic N) is 4. The molecule has 0 radical (unpaired) electrons. The summed E-state index contributed by atoms with van der Waals surface area (Å²) in [6.45, 7) is 0. The number of benzene rings is 3. The maximum absolute atomic E-state index is 11.4. The predicted octanol–water partition coefficient (Wildman–Crippen LogP) is 4.77. The van der Waals surface area contributed by atoms with Gasteiger partial charge in [-0.3, -0.25) is 35.8 Å². The Balaban J connectivity index is 2.01. The van der Waals surface area contributed by atoms with Gasteiger partial charge in [0.15, 0.2) is 0 Å². The van der Waals surface area contributed by atoms with Crippen molar-refractivity contribution < 1.29 is 14.8 Å². The number of nitro groups is 3. The van der Waals surface area contributed by atoms with Crippen LogP contribution in [0.4, 0.5) is 22.7 Å². The Kier molecular flexibility index (Phi) is 5.45.